The minimum atomic E-state index is -0.346. The minimum absolute atomic E-state index is 0.132. The van der Waals surface area contributed by atoms with E-state index in [2.05, 4.69) is 17.3 Å². The zero-order valence-electron chi connectivity index (χ0n) is 14.9. The highest BCUT2D eigenvalue weighted by atomic mass is 16.3. The fourth-order valence-corrected chi connectivity index (χ4v) is 2.93. The van der Waals surface area contributed by atoms with Gasteiger partial charge in [-0.15, -0.1) is 0 Å². The molecule has 0 radical (unpaired) electrons. The molecule has 2 N–H and O–H groups in total. The average molecular weight is 342 g/mol. The molecular weight excluding hydrogens is 316 g/mol. The van der Waals surface area contributed by atoms with Crippen molar-refractivity contribution in [3.05, 3.63) is 41.6 Å². The lowest BCUT2D eigenvalue weighted by Crippen LogP contribution is -2.40. The van der Waals surface area contributed by atoms with Crippen molar-refractivity contribution in [1.29, 1.82) is 5.26 Å². The predicted octanol–water partition coefficient (Wildman–Crippen LogP) is 1.48. The van der Waals surface area contributed by atoms with Gasteiger partial charge in [0.25, 0.3) is 5.91 Å². The highest BCUT2D eigenvalue weighted by molar-refractivity contribution is 5.97. The molecule has 1 aliphatic rings. The van der Waals surface area contributed by atoms with Crippen LogP contribution in [-0.4, -0.2) is 60.6 Å². The van der Waals surface area contributed by atoms with Crippen LogP contribution < -0.4 is 5.32 Å². The second-order valence-electron chi connectivity index (χ2n) is 6.53. The molecule has 0 aliphatic carbocycles. The van der Waals surface area contributed by atoms with Gasteiger partial charge in [-0.2, -0.15) is 5.26 Å². The number of phenolic OH excluding ortho intramolecular Hbond substituents is 1. The lowest BCUT2D eigenvalue weighted by atomic mass is 10.0. The van der Waals surface area contributed by atoms with Gasteiger partial charge in [0.05, 0.1) is 0 Å². The zero-order valence-corrected chi connectivity index (χ0v) is 14.9. The number of benzene rings is 1. The van der Waals surface area contributed by atoms with Crippen LogP contribution in [0.15, 0.2) is 36.0 Å². The van der Waals surface area contributed by atoms with Crippen LogP contribution in [0.25, 0.3) is 0 Å². The van der Waals surface area contributed by atoms with E-state index < -0.39 is 0 Å². The number of carbonyl (C=O) groups excluding carboxylic acids is 1. The zero-order chi connectivity index (χ0) is 18.2. The maximum Gasteiger partial charge on any atom is 0.263 e. The fraction of sp³-hybridized carbons (Fsp3) is 0.474. The van der Waals surface area contributed by atoms with Gasteiger partial charge in [0.1, 0.15) is 17.4 Å². The molecule has 0 bridgehead atoms. The lowest BCUT2D eigenvalue weighted by Gasteiger charge is -2.34. The van der Waals surface area contributed by atoms with Gasteiger partial charge in [0.15, 0.2) is 0 Å². The summed E-state index contributed by atoms with van der Waals surface area (Å²) in [6.45, 7) is 2.51. The first-order chi connectivity index (χ1) is 12.0. The molecule has 1 amide bonds. The SMILES string of the molecule is CN1CCC(N(C)/C=C(/C#N)C(=O)NCCc2ccc(O)cc2)CC1. The average Bonchev–Trinajstić information content (AvgIpc) is 2.61. The summed E-state index contributed by atoms with van der Waals surface area (Å²) < 4.78 is 0. The third kappa shape index (κ3) is 5.80. The Balaban J connectivity index is 1.85. The Morgan fingerprint density at radius 2 is 2.04 bits per heavy atom. The quantitative estimate of drug-likeness (QED) is 0.605. The van der Waals surface area contributed by atoms with Gasteiger partial charge in [-0.25, -0.2) is 0 Å². The van der Waals surface area contributed by atoms with E-state index in [1.54, 1.807) is 18.3 Å². The number of likely N-dealkylation sites (tertiary alicyclic amines) is 1. The Morgan fingerprint density at radius 3 is 2.64 bits per heavy atom. The third-order valence-electron chi connectivity index (χ3n) is 4.60. The van der Waals surface area contributed by atoms with Crippen LogP contribution in [0.2, 0.25) is 0 Å². The topological polar surface area (TPSA) is 79.6 Å². The van der Waals surface area contributed by atoms with Crippen LogP contribution >= 0.6 is 0 Å². The standard InChI is InChI=1S/C19H26N4O2/c1-22-11-8-17(9-12-22)23(2)14-16(13-20)19(25)21-10-7-15-3-5-18(24)6-4-15/h3-6,14,17,24H,7-12H2,1-2H3,(H,21,25)/b16-14-. The van der Waals surface area contributed by atoms with Crippen molar-refractivity contribution in [3.63, 3.8) is 0 Å². The largest absolute Gasteiger partial charge is 0.508 e. The molecule has 6 heteroatoms. The van der Waals surface area contributed by atoms with Crippen molar-refractivity contribution in [3.8, 4) is 11.8 Å². The lowest BCUT2D eigenvalue weighted by molar-refractivity contribution is -0.117. The van der Waals surface area contributed by atoms with E-state index in [1.807, 2.05) is 30.1 Å². The summed E-state index contributed by atoms with van der Waals surface area (Å²) in [6.07, 6.45) is 4.37. The Kier molecular flexibility index (Phi) is 6.84. The molecule has 0 unspecified atom stereocenters. The summed E-state index contributed by atoms with van der Waals surface area (Å²) in [4.78, 5) is 16.5. The van der Waals surface area contributed by atoms with Crippen LogP contribution in [0.3, 0.4) is 0 Å². The summed E-state index contributed by atoms with van der Waals surface area (Å²) in [5.74, 6) is -0.125. The van der Waals surface area contributed by atoms with E-state index in [0.29, 0.717) is 19.0 Å². The van der Waals surface area contributed by atoms with E-state index in [4.69, 9.17) is 0 Å². The van der Waals surface area contributed by atoms with Gasteiger partial charge >= 0.3 is 0 Å². The number of amides is 1. The summed E-state index contributed by atoms with van der Waals surface area (Å²) in [5, 5.41) is 21.3. The molecule has 1 saturated heterocycles. The van der Waals surface area contributed by atoms with Crippen LogP contribution in [0, 0.1) is 11.3 Å². The summed E-state index contributed by atoms with van der Waals surface area (Å²) in [7, 11) is 4.03. The fourth-order valence-electron chi connectivity index (χ4n) is 2.93. The molecule has 0 aromatic heterocycles. The molecule has 1 fully saturated rings. The third-order valence-corrected chi connectivity index (χ3v) is 4.60. The molecule has 1 heterocycles. The first-order valence-electron chi connectivity index (χ1n) is 8.58. The van der Waals surface area contributed by atoms with Crippen molar-refractivity contribution >= 4 is 5.91 Å². The van der Waals surface area contributed by atoms with Gasteiger partial charge < -0.3 is 20.2 Å². The molecular formula is C19H26N4O2. The monoisotopic (exact) mass is 342 g/mol. The van der Waals surface area contributed by atoms with Crippen molar-refractivity contribution in [2.24, 2.45) is 0 Å². The van der Waals surface area contributed by atoms with Gasteiger partial charge in [-0.05, 0) is 57.1 Å². The van der Waals surface area contributed by atoms with E-state index >= 15 is 0 Å². The smallest absolute Gasteiger partial charge is 0.263 e. The van der Waals surface area contributed by atoms with Crippen molar-refractivity contribution in [2.45, 2.75) is 25.3 Å². The maximum atomic E-state index is 12.2. The Bertz CT molecular complexity index is 640. The van der Waals surface area contributed by atoms with Crippen molar-refractivity contribution in [1.82, 2.24) is 15.1 Å². The number of nitrogens with one attached hydrogen (secondary N) is 1. The van der Waals surface area contributed by atoms with E-state index in [-0.39, 0.29) is 17.2 Å². The Hall–Kier alpha value is -2.52. The first-order valence-corrected chi connectivity index (χ1v) is 8.58. The molecule has 0 atom stereocenters. The van der Waals surface area contributed by atoms with E-state index in [9.17, 15) is 15.2 Å². The normalized spacial score (nSPS) is 16.3. The van der Waals surface area contributed by atoms with Gasteiger partial charge in [-0.3, -0.25) is 4.79 Å². The molecule has 25 heavy (non-hydrogen) atoms. The Morgan fingerprint density at radius 1 is 1.40 bits per heavy atom. The number of piperidine rings is 1. The van der Waals surface area contributed by atoms with Crippen LogP contribution in [0.1, 0.15) is 18.4 Å². The van der Waals surface area contributed by atoms with Crippen LogP contribution in [0.5, 0.6) is 5.75 Å². The highest BCUT2D eigenvalue weighted by Crippen LogP contribution is 2.15. The summed E-state index contributed by atoms with van der Waals surface area (Å²) in [5.41, 5.74) is 1.15. The number of carbonyl (C=O) groups is 1. The van der Waals surface area contributed by atoms with Crippen molar-refractivity contribution in [2.75, 3.05) is 33.7 Å². The first kappa shape index (κ1) is 18.8. The molecule has 1 aliphatic heterocycles. The molecule has 2 rings (SSSR count). The number of rotatable bonds is 6. The number of hydrogen-bond donors (Lipinski definition) is 2. The van der Waals surface area contributed by atoms with Gasteiger partial charge in [0, 0.05) is 25.8 Å². The summed E-state index contributed by atoms with van der Waals surface area (Å²) >= 11 is 0. The van der Waals surface area contributed by atoms with E-state index in [0.717, 1.165) is 31.5 Å². The number of hydrogen-bond acceptors (Lipinski definition) is 5. The minimum Gasteiger partial charge on any atom is -0.508 e. The van der Waals surface area contributed by atoms with Crippen LogP contribution in [-0.2, 0) is 11.2 Å². The van der Waals surface area contributed by atoms with Gasteiger partial charge in [-0.1, -0.05) is 12.1 Å². The number of aromatic hydroxyl groups is 1. The second-order valence-corrected chi connectivity index (χ2v) is 6.53. The molecule has 0 spiro atoms. The number of nitrogens with zero attached hydrogens (tertiary/aromatic N) is 3. The number of nitriles is 1. The molecule has 0 saturated carbocycles. The highest BCUT2D eigenvalue weighted by Gasteiger charge is 2.20. The summed E-state index contributed by atoms with van der Waals surface area (Å²) in [6, 6.07) is 9.24. The molecule has 1 aromatic carbocycles. The molecule has 1 aromatic rings. The maximum absolute atomic E-state index is 12.2. The molecule has 6 nitrogen and oxygen atoms in total. The predicted molar refractivity (Wildman–Crippen MR) is 96.8 cm³/mol. The van der Waals surface area contributed by atoms with Gasteiger partial charge in [0.2, 0.25) is 0 Å². The van der Waals surface area contributed by atoms with Crippen LogP contribution in [0.4, 0.5) is 0 Å². The second kappa shape index (κ2) is 9.09. The molecule has 134 valence electrons. The van der Waals surface area contributed by atoms with Crippen molar-refractivity contribution < 1.29 is 9.90 Å². The van der Waals surface area contributed by atoms with E-state index in [1.165, 1.54) is 0 Å². The number of phenols is 1. The Labute approximate surface area is 149 Å².